The van der Waals surface area contributed by atoms with E-state index in [-0.39, 0.29) is 11.8 Å². The van der Waals surface area contributed by atoms with Crippen LogP contribution < -0.4 is 10.2 Å². The molecule has 1 fully saturated rings. The van der Waals surface area contributed by atoms with Gasteiger partial charge < -0.3 is 10.2 Å². The molecule has 4 heterocycles. The highest BCUT2D eigenvalue weighted by molar-refractivity contribution is 7.15. The van der Waals surface area contributed by atoms with Crippen molar-refractivity contribution in [1.29, 1.82) is 0 Å². The molecule has 1 aliphatic rings. The highest BCUT2D eigenvalue weighted by Crippen LogP contribution is 2.26. The number of hydrogen-bond acceptors (Lipinski definition) is 7. The highest BCUT2D eigenvalue weighted by Gasteiger charge is 2.27. The average molecular weight is 460 g/mol. The van der Waals surface area contributed by atoms with Gasteiger partial charge in [0.1, 0.15) is 5.82 Å². The number of thiazole rings is 1. The van der Waals surface area contributed by atoms with Gasteiger partial charge in [-0.15, -0.1) is 21.5 Å². The molecule has 168 valence electrons. The molecule has 3 aromatic heterocycles. The van der Waals surface area contributed by atoms with Crippen LogP contribution in [-0.2, 0) is 4.79 Å². The van der Waals surface area contributed by atoms with E-state index >= 15 is 0 Å². The Kier molecular flexibility index (Phi) is 5.87. The quantitative estimate of drug-likeness (QED) is 0.480. The molecule has 4 aromatic rings. The largest absolute Gasteiger partial charge is 0.354 e. The van der Waals surface area contributed by atoms with Gasteiger partial charge in [-0.2, -0.15) is 0 Å². The van der Waals surface area contributed by atoms with Crippen LogP contribution in [0.4, 0.5) is 10.9 Å². The number of aromatic nitrogens is 5. The zero-order valence-corrected chi connectivity index (χ0v) is 19.4. The van der Waals surface area contributed by atoms with Gasteiger partial charge in [0.25, 0.3) is 0 Å². The van der Waals surface area contributed by atoms with E-state index < -0.39 is 0 Å². The Morgan fingerprint density at radius 3 is 2.61 bits per heavy atom. The molecule has 5 rings (SSSR count). The number of benzene rings is 1. The normalized spacial score (nSPS) is 16.1. The van der Waals surface area contributed by atoms with Crippen LogP contribution in [0, 0.1) is 19.8 Å². The molecule has 0 aliphatic carbocycles. The fourth-order valence-corrected chi connectivity index (χ4v) is 4.85. The Hall–Kier alpha value is -3.59. The Morgan fingerprint density at radius 1 is 1.09 bits per heavy atom. The number of amides is 1. The van der Waals surface area contributed by atoms with Crippen molar-refractivity contribution in [2.75, 3.05) is 23.3 Å². The van der Waals surface area contributed by atoms with Gasteiger partial charge in [0, 0.05) is 35.9 Å². The monoisotopic (exact) mass is 459 g/mol. The molecule has 0 radical (unpaired) electrons. The van der Waals surface area contributed by atoms with E-state index in [1.807, 2.05) is 67.1 Å². The fourth-order valence-electron chi connectivity index (χ4n) is 4.04. The second-order valence-corrected chi connectivity index (χ2v) is 9.37. The van der Waals surface area contributed by atoms with Crippen LogP contribution in [0.25, 0.3) is 17.2 Å². The maximum atomic E-state index is 12.8. The van der Waals surface area contributed by atoms with E-state index in [0.29, 0.717) is 17.5 Å². The number of aryl methyl sites for hydroxylation is 2. The van der Waals surface area contributed by atoms with Crippen LogP contribution in [0.1, 0.15) is 23.4 Å². The van der Waals surface area contributed by atoms with Gasteiger partial charge >= 0.3 is 0 Å². The van der Waals surface area contributed by atoms with Crippen molar-refractivity contribution < 1.29 is 4.79 Å². The molecule has 0 spiro atoms. The van der Waals surface area contributed by atoms with Crippen molar-refractivity contribution in [3.63, 3.8) is 0 Å². The van der Waals surface area contributed by atoms with Crippen LogP contribution in [0.2, 0.25) is 0 Å². The van der Waals surface area contributed by atoms with E-state index in [1.54, 1.807) is 6.20 Å². The first-order valence-electron chi connectivity index (χ1n) is 11.0. The number of carbonyl (C=O) groups excluding carboxylic acids is 1. The zero-order chi connectivity index (χ0) is 22.8. The molecule has 1 saturated heterocycles. The first kappa shape index (κ1) is 21.3. The van der Waals surface area contributed by atoms with Gasteiger partial charge in [-0.3, -0.25) is 9.36 Å². The van der Waals surface area contributed by atoms with E-state index in [2.05, 4.69) is 30.4 Å². The maximum absolute atomic E-state index is 12.8. The summed E-state index contributed by atoms with van der Waals surface area (Å²) in [6.07, 6.45) is 5.43. The molecule has 9 heteroatoms. The predicted octanol–water partition coefficient (Wildman–Crippen LogP) is 4.26. The number of carbonyl (C=O) groups is 1. The number of imidazole rings is 1. The lowest BCUT2D eigenvalue weighted by molar-refractivity contribution is -0.120. The molecule has 8 nitrogen and oxygen atoms in total. The second kappa shape index (κ2) is 9.11. The van der Waals surface area contributed by atoms with E-state index in [1.165, 1.54) is 11.3 Å². The zero-order valence-electron chi connectivity index (χ0n) is 18.6. The molecule has 1 N–H and O–H groups in total. The summed E-state index contributed by atoms with van der Waals surface area (Å²) in [5.74, 6) is 2.21. The summed E-state index contributed by atoms with van der Waals surface area (Å²) in [6, 6.07) is 13.9. The molecular weight excluding hydrogens is 434 g/mol. The lowest BCUT2D eigenvalue weighted by atomic mass is 9.97. The van der Waals surface area contributed by atoms with Crippen LogP contribution in [0.5, 0.6) is 0 Å². The lowest BCUT2D eigenvalue weighted by Crippen LogP contribution is -2.41. The minimum atomic E-state index is -0.108. The summed E-state index contributed by atoms with van der Waals surface area (Å²) >= 11 is 1.52. The number of hydrogen-bond donors (Lipinski definition) is 1. The van der Waals surface area contributed by atoms with E-state index in [4.69, 9.17) is 0 Å². The summed E-state index contributed by atoms with van der Waals surface area (Å²) in [7, 11) is 0. The highest BCUT2D eigenvalue weighted by atomic mass is 32.1. The average Bonchev–Trinajstić information content (AvgIpc) is 3.46. The summed E-state index contributed by atoms with van der Waals surface area (Å²) in [4.78, 5) is 25.0. The standard InChI is InChI=1S/C24H25N7OS/c1-16-17(2)33-24(26-16)27-23(32)19-9-6-13-30(15-19)20-10-11-21(29-28-20)31-14-12-25-22(31)18-7-4-3-5-8-18/h3-5,7-8,10-12,14,19H,6,9,13,15H2,1-2H3,(H,26,27,32). The van der Waals surface area contributed by atoms with Gasteiger partial charge in [0.2, 0.25) is 5.91 Å². The van der Waals surface area contributed by atoms with Crippen molar-refractivity contribution in [2.24, 2.45) is 5.92 Å². The second-order valence-electron chi connectivity index (χ2n) is 8.17. The van der Waals surface area contributed by atoms with Crippen molar-refractivity contribution in [1.82, 2.24) is 24.7 Å². The van der Waals surface area contributed by atoms with E-state index in [9.17, 15) is 4.79 Å². The molecule has 1 aromatic carbocycles. The molecule has 1 unspecified atom stereocenters. The number of nitrogens with zero attached hydrogens (tertiary/aromatic N) is 6. The molecule has 1 atom stereocenters. The fraction of sp³-hybridized carbons (Fsp3) is 0.292. The van der Waals surface area contributed by atoms with Gasteiger partial charge in [-0.1, -0.05) is 30.3 Å². The van der Waals surface area contributed by atoms with Crippen molar-refractivity contribution in [3.05, 3.63) is 65.4 Å². The van der Waals surface area contributed by atoms with Crippen LogP contribution in [0.3, 0.4) is 0 Å². The number of piperidine rings is 1. The first-order chi connectivity index (χ1) is 16.1. The smallest absolute Gasteiger partial charge is 0.231 e. The van der Waals surface area contributed by atoms with Gasteiger partial charge in [-0.05, 0) is 38.8 Å². The first-order valence-corrected chi connectivity index (χ1v) is 11.8. The Labute approximate surface area is 196 Å². The van der Waals surface area contributed by atoms with Gasteiger partial charge in [0.05, 0.1) is 11.6 Å². The number of anilines is 2. The van der Waals surface area contributed by atoms with Gasteiger partial charge in [-0.25, -0.2) is 9.97 Å². The van der Waals surface area contributed by atoms with Crippen molar-refractivity contribution in [2.45, 2.75) is 26.7 Å². The molecule has 0 bridgehead atoms. The predicted molar refractivity (Wildman–Crippen MR) is 130 cm³/mol. The third kappa shape index (κ3) is 4.49. The Bertz CT molecular complexity index is 1230. The lowest BCUT2D eigenvalue weighted by Gasteiger charge is -2.32. The van der Waals surface area contributed by atoms with E-state index in [0.717, 1.165) is 47.2 Å². The van der Waals surface area contributed by atoms with Crippen molar-refractivity contribution >= 4 is 28.2 Å². The third-order valence-electron chi connectivity index (χ3n) is 5.93. The number of nitrogens with one attached hydrogen (secondary N) is 1. The molecule has 1 aliphatic heterocycles. The molecular formula is C24H25N7OS. The molecule has 1 amide bonds. The molecule has 33 heavy (non-hydrogen) atoms. The van der Waals surface area contributed by atoms with Crippen LogP contribution >= 0.6 is 11.3 Å². The van der Waals surface area contributed by atoms with Crippen LogP contribution in [0.15, 0.2) is 54.9 Å². The maximum Gasteiger partial charge on any atom is 0.231 e. The Balaban J connectivity index is 1.29. The minimum Gasteiger partial charge on any atom is -0.354 e. The third-order valence-corrected chi connectivity index (χ3v) is 6.92. The van der Waals surface area contributed by atoms with Crippen molar-refractivity contribution in [3.8, 4) is 17.2 Å². The molecule has 0 saturated carbocycles. The number of rotatable bonds is 5. The Morgan fingerprint density at radius 2 is 1.88 bits per heavy atom. The van der Waals surface area contributed by atoms with Crippen LogP contribution in [-0.4, -0.2) is 43.7 Å². The topological polar surface area (TPSA) is 88.8 Å². The van der Waals surface area contributed by atoms with Gasteiger partial charge in [0.15, 0.2) is 16.8 Å². The SMILES string of the molecule is Cc1nc(NC(=O)C2CCCN(c3ccc(-n4ccnc4-c4ccccc4)nn3)C2)sc1C. The minimum absolute atomic E-state index is 0.0175. The summed E-state index contributed by atoms with van der Waals surface area (Å²) in [5, 5.41) is 12.6. The summed E-state index contributed by atoms with van der Waals surface area (Å²) < 4.78 is 1.93. The summed E-state index contributed by atoms with van der Waals surface area (Å²) in [6.45, 7) is 5.44. The summed E-state index contributed by atoms with van der Waals surface area (Å²) in [5.41, 5.74) is 1.98.